The minimum atomic E-state index is -0.173. The Morgan fingerprint density at radius 2 is 1.88 bits per heavy atom. The molecule has 1 rings (SSSR count). The molecule has 2 unspecified atom stereocenters. The summed E-state index contributed by atoms with van der Waals surface area (Å²) in [5.74, 6) is 0.338. The highest BCUT2D eigenvalue weighted by Gasteiger charge is 2.11. The van der Waals surface area contributed by atoms with Crippen LogP contribution in [-0.4, -0.2) is 26.3 Å². The summed E-state index contributed by atoms with van der Waals surface area (Å²) in [6, 6.07) is 7.17. The molecule has 1 aromatic rings. The van der Waals surface area contributed by atoms with Crippen LogP contribution in [0.25, 0.3) is 0 Å². The number of ether oxygens (including phenoxy) is 1. The van der Waals surface area contributed by atoms with Gasteiger partial charge in [0.25, 0.3) is 0 Å². The van der Waals surface area contributed by atoms with Crippen LogP contribution in [0.3, 0.4) is 0 Å². The van der Waals surface area contributed by atoms with Gasteiger partial charge >= 0.3 is 0 Å². The van der Waals surface area contributed by atoms with E-state index in [4.69, 9.17) is 4.74 Å². The standard InChI is InChI=1S/C14H22FNO/c1-11(12(2)16-8-9-17-3)10-13-4-6-14(15)7-5-13/h4-7,11-12,16H,8-10H2,1-3H3. The Bertz CT molecular complexity index is 313. The molecule has 0 aromatic heterocycles. The van der Waals surface area contributed by atoms with Gasteiger partial charge in [-0.15, -0.1) is 0 Å². The second-order valence-electron chi connectivity index (χ2n) is 4.54. The molecule has 96 valence electrons. The van der Waals surface area contributed by atoms with E-state index in [1.165, 1.54) is 17.7 Å². The normalized spacial score (nSPS) is 14.6. The highest BCUT2D eigenvalue weighted by atomic mass is 19.1. The van der Waals surface area contributed by atoms with Crippen LogP contribution < -0.4 is 5.32 Å². The monoisotopic (exact) mass is 239 g/mol. The largest absolute Gasteiger partial charge is 0.383 e. The van der Waals surface area contributed by atoms with Crippen molar-refractivity contribution in [1.82, 2.24) is 5.32 Å². The molecule has 0 spiro atoms. The molecule has 0 fully saturated rings. The predicted octanol–water partition coefficient (Wildman–Crippen LogP) is 2.63. The summed E-state index contributed by atoms with van der Waals surface area (Å²) in [4.78, 5) is 0. The molecular formula is C14H22FNO. The summed E-state index contributed by atoms with van der Waals surface area (Å²) in [6.07, 6.45) is 0.960. The minimum Gasteiger partial charge on any atom is -0.383 e. The lowest BCUT2D eigenvalue weighted by Gasteiger charge is -2.21. The molecule has 0 aliphatic heterocycles. The fraction of sp³-hybridized carbons (Fsp3) is 0.571. The second kappa shape index (κ2) is 7.41. The van der Waals surface area contributed by atoms with Crippen molar-refractivity contribution < 1.29 is 9.13 Å². The fourth-order valence-electron chi connectivity index (χ4n) is 1.76. The zero-order chi connectivity index (χ0) is 12.7. The van der Waals surface area contributed by atoms with Crippen LogP contribution in [0.1, 0.15) is 19.4 Å². The Morgan fingerprint density at radius 3 is 2.47 bits per heavy atom. The SMILES string of the molecule is COCCNC(C)C(C)Cc1ccc(F)cc1. The van der Waals surface area contributed by atoms with Gasteiger partial charge in [0.2, 0.25) is 0 Å². The van der Waals surface area contributed by atoms with Crippen LogP contribution >= 0.6 is 0 Å². The first kappa shape index (κ1) is 14.1. The van der Waals surface area contributed by atoms with Gasteiger partial charge in [-0.25, -0.2) is 4.39 Å². The molecule has 1 aromatic carbocycles. The van der Waals surface area contributed by atoms with Crippen molar-refractivity contribution in [3.8, 4) is 0 Å². The van der Waals surface area contributed by atoms with Crippen molar-refractivity contribution >= 4 is 0 Å². The third kappa shape index (κ3) is 5.29. The van der Waals surface area contributed by atoms with E-state index in [9.17, 15) is 4.39 Å². The first-order chi connectivity index (χ1) is 8.13. The number of halogens is 1. The van der Waals surface area contributed by atoms with Gasteiger partial charge < -0.3 is 10.1 Å². The van der Waals surface area contributed by atoms with Crippen LogP contribution in [0, 0.1) is 11.7 Å². The van der Waals surface area contributed by atoms with E-state index in [0.29, 0.717) is 12.0 Å². The molecule has 0 saturated carbocycles. The molecule has 3 heteroatoms. The lowest BCUT2D eigenvalue weighted by Crippen LogP contribution is -2.35. The molecule has 0 aliphatic rings. The number of nitrogens with one attached hydrogen (secondary N) is 1. The summed E-state index contributed by atoms with van der Waals surface area (Å²) in [5.41, 5.74) is 1.18. The van der Waals surface area contributed by atoms with Crippen molar-refractivity contribution in [2.45, 2.75) is 26.3 Å². The molecule has 17 heavy (non-hydrogen) atoms. The van der Waals surface area contributed by atoms with Gasteiger partial charge in [0.05, 0.1) is 6.61 Å². The maximum absolute atomic E-state index is 12.8. The Labute approximate surface area is 103 Å². The van der Waals surface area contributed by atoms with Gasteiger partial charge in [0.15, 0.2) is 0 Å². The lowest BCUT2D eigenvalue weighted by atomic mass is 9.95. The zero-order valence-electron chi connectivity index (χ0n) is 10.9. The maximum Gasteiger partial charge on any atom is 0.123 e. The highest BCUT2D eigenvalue weighted by molar-refractivity contribution is 5.16. The molecule has 0 saturated heterocycles. The summed E-state index contributed by atoms with van der Waals surface area (Å²) in [7, 11) is 1.70. The van der Waals surface area contributed by atoms with Crippen molar-refractivity contribution in [3.63, 3.8) is 0 Å². The smallest absolute Gasteiger partial charge is 0.123 e. The van der Waals surface area contributed by atoms with Gasteiger partial charge in [-0.05, 0) is 37.0 Å². The van der Waals surface area contributed by atoms with Crippen LogP contribution in [0.15, 0.2) is 24.3 Å². The highest BCUT2D eigenvalue weighted by Crippen LogP contribution is 2.12. The Hall–Kier alpha value is -0.930. The van der Waals surface area contributed by atoms with Crippen molar-refractivity contribution in [2.75, 3.05) is 20.3 Å². The third-order valence-corrected chi connectivity index (χ3v) is 3.10. The van der Waals surface area contributed by atoms with E-state index >= 15 is 0 Å². The first-order valence-electron chi connectivity index (χ1n) is 6.10. The van der Waals surface area contributed by atoms with E-state index in [2.05, 4.69) is 19.2 Å². The summed E-state index contributed by atoms with van der Waals surface area (Å²) >= 11 is 0. The number of methoxy groups -OCH3 is 1. The fourth-order valence-corrected chi connectivity index (χ4v) is 1.76. The minimum absolute atomic E-state index is 0.173. The van der Waals surface area contributed by atoms with Gasteiger partial charge in [-0.2, -0.15) is 0 Å². The average molecular weight is 239 g/mol. The van der Waals surface area contributed by atoms with Crippen LogP contribution in [-0.2, 0) is 11.2 Å². The van der Waals surface area contributed by atoms with Crippen LogP contribution in [0.2, 0.25) is 0 Å². The molecule has 0 bridgehead atoms. The Balaban J connectivity index is 2.37. The number of benzene rings is 1. The van der Waals surface area contributed by atoms with Crippen LogP contribution in [0.5, 0.6) is 0 Å². The molecule has 2 atom stereocenters. The number of hydrogen-bond donors (Lipinski definition) is 1. The van der Waals surface area contributed by atoms with Crippen molar-refractivity contribution in [2.24, 2.45) is 5.92 Å². The van der Waals surface area contributed by atoms with Crippen molar-refractivity contribution in [1.29, 1.82) is 0 Å². The molecule has 0 amide bonds. The second-order valence-corrected chi connectivity index (χ2v) is 4.54. The summed E-state index contributed by atoms with van der Waals surface area (Å²) in [5, 5.41) is 3.42. The molecule has 2 nitrogen and oxygen atoms in total. The Kier molecular flexibility index (Phi) is 6.16. The molecular weight excluding hydrogens is 217 g/mol. The Morgan fingerprint density at radius 1 is 1.24 bits per heavy atom. The maximum atomic E-state index is 12.8. The lowest BCUT2D eigenvalue weighted by molar-refractivity contribution is 0.192. The van der Waals surface area contributed by atoms with Crippen molar-refractivity contribution in [3.05, 3.63) is 35.6 Å². The molecule has 0 radical (unpaired) electrons. The quantitative estimate of drug-likeness (QED) is 0.739. The van der Waals surface area contributed by atoms with Gasteiger partial charge in [-0.3, -0.25) is 0 Å². The molecule has 0 aliphatic carbocycles. The van der Waals surface area contributed by atoms with Gasteiger partial charge in [-0.1, -0.05) is 19.1 Å². The number of rotatable bonds is 7. The number of hydrogen-bond acceptors (Lipinski definition) is 2. The van der Waals surface area contributed by atoms with Crippen LogP contribution in [0.4, 0.5) is 4.39 Å². The first-order valence-corrected chi connectivity index (χ1v) is 6.10. The van der Waals surface area contributed by atoms with Gasteiger partial charge in [0.1, 0.15) is 5.82 Å². The van der Waals surface area contributed by atoms with E-state index < -0.39 is 0 Å². The molecule has 1 N–H and O–H groups in total. The average Bonchev–Trinajstić information content (AvgIpc) is 2.32. The summed E-state index contributed by atoms with van der Waals surface area (Å²) < 4.78 is 17.8. The van der Waals surface area contributed by atoms with E-state index in [-0.39, 0.29) is 5.82 Å². The van der Waals surface area contributed by atoms with Gasteiger partial charge in [0, 0.05) is 19.7 Å². The zero-order valence-corrected chi connectivity index (χ0v) is 10.9. The van der Waals surface area contributed by atoms with E-state index in [0.717, 1.165) is 19.6 Å². The summed E-state index contributed by atoms with van der Waals surface area (Å²) in [6.45, 7) is 5.97. The third-order valence-electron chi connectivity index (χ3n) is 3.10. The molecule has 0 heterocycles. The van der Waals surface area contributed by atoms with E-state index in [1.807, 2.05) is 12.1 Å². The van der Waals surface area contributed by atoms with E-state index in [1.54, 1.807) is 7.11 Å². The topological polar surface area (TPSA) is 21.3 Å². The predicted molar refractivity (Wildman–Crippen MR) is 68.6 cm³/mol.